The average Bonchev–Trinajstić information content (AvgIpc) is 2.55. The molecule has 3 heteroatoms. The molecule has 0 atom stereocenters. The van der Waals surface area contributed by atoms with Crippen molar-refractivity contribution in [1.82, 2.24) is 4.90 Å². The van der Waals surface area contributed by atoms with Crippen LogP contribution in [-0.4, -0.2) is 34.6 Å². The Balaban J connectivity index is 1.84. The largest absolute Gasteiger partial charge is 0.389 e. The second-order valence-corrected chi connectivity index (χ2v) is 7.52. The Labute approximate surface area is 152 Å². The molecule has 1 aromatic carbocycles. The van der Waals surface area contributed by atoms with E-state index in [0.29, 0.717) is 32.4 Å². The molecule has 1 aromatic rings. The molecular formula is C22H31NO2. The molecule has 0 spiro atoms. The van der Waals surface area contributed by atoms with Gasteiger partial charge in [-0.1, -0.05) is 47.6 Å². The smallest absolute Gasteiger partial charge is 0.246 e. The maximum Gasteiger partial charge on any atom is 0.246 e. The molecule has 0 bridgehead atoms. The summed E-state index contributed by atoms with van der Waals surface area (Å²) < 4.78 is 0. The summed E-state index contributed by atoms with van der Waals surface area (Å²) in [4.78, 5) is 14.3. The zero-order valence-corrected chi connectivity index (χ0v) is 15.8. The summed E-state index contributed by atoms with van der Waals surface area (Å²) in [5.41, 5.74) is 2.89. The molecule has 1 aliphatic heterocycles. The summed E-state index contributed by atoms with van der Waals surface area (Å²) in [5.74, 6) is 0.0801. The maximum atomic E-state index is 12.4. The van der Waals surface area contributed by atoms with Crippen molar-refractivity contribution < 1.29 is 9.90 Å². The monoisotopic (exact) mass is 341 g/mol. The molecule has 0 unspecified atom stereocenters. The second-order valence-electron chi connectivity index (χ2n) is 7.52. The van der Waals surface area contributed by atoms with Crippen LogP contribution in [0.1, 0.15) is 52.0 Å². The van der Waals surface area contributed by atoms with Crippen LogP contribution in [0.4, 0.5) is 0 Å². The van der Waals surface area contributed by atoms with E-state index < -0.39 is 5.60 Å². The molecule has 0 radical (unpaired) electrons. The first-order chi connectivity index (χ1) is 11.9. The van der Waals surface area contributed by atoms with Crippen LogP contribution in [0.25, 0.3) is 0 Å². The minimum Gasteiger partial charge on any atom is -0.389 e. The highest BCUT2D eigenvalue weighted by molar-refractivity contribution is 5.88. The van der Waals surface area contributed by atoms with Gasteiger partial charge in [0.05, 0.1) is 5.60 Å². The third-order valence-electron chi connectivity index (χ3n) is 4.84. The molecule has 2 rings (SSSR count). The van der Waals surface area contributed by atoms with Crippen LogP contribution >= 0.6 is 0 Å². The molecule has 0 aliphatic carbocycles. The van der Waals surface area contributed by atoms with Crippen LogP contribution in [-0.2, 0) is 11.2 Å². The number of carbonyl (C=O) groups is 1. The van der Waals surface area contributed by atoms with Crippen LogP contribution in [0.15, 0.2) is 53.6 Å². The summed E-state index contributed by atoms with van der Waals surface area (Å²) >= 11 is 0. The standard InChI is InChI=1S/C22H31NO2/c1-18(2)8-7-9-19(3)16-21(24)23-14-12-22(25,13-15-23)17-20-10-5-4-6-11-20/h4-6,8,10-11,16,25H,7,9,12-15,17H2,1-3H3/b19-16+. The van der Waals surface area contributed by atoms with Crippen molar-refractivity contribution in [2.24, 2.45) is 0 Å². The number of carbonyl (C=O) groups excluding carboxylic acids is 1. The number of likely N-dealkylation sites (tertiary alicyclic amines) is 1. The Kier molecular flexibility index (Phi) is 7.01. The van der Waals surface area contributed by atoms with Crippen LogP contribution < -0.4 is 0 Å². The van der Waals surface area contributed by atoms with Crippen molar-refractivity contribution >= 4 is 5.91 Å². The zero-order chi connectivity index (χ0) is 18.3. The molecule has 136 valence electrons. The first-order valence-electron chi connectivity index (χ1n) is 9.24. The van der Waals surface area contributed by atoms with Crippen molar-refractivity contribution in [2.45, 2.75) is 58.5 Å². The molecule has 1 heterocycles. The molecule has 1 saturated heterocycles. The summed E-state index contributed by atoms with van der Waals surface area (Å²) in [6, 6.07) is 10.1. The lowest BCUT2D eigenvalue weighted by Gasteiger charge is -2.38. The molecule has 1 fully saturated rings. The van der Waals surface area contributed by atoms with E-state index >= 15 is 0 Å². The third kappa shape index (κ3) is 6.50. The fourth-order valence-corrected chi connectivity index (χ4v) is 3.26. The molecule has 0 aromatic heterocycles. The first kappa shape index (κ1) is 19.5. The van der Waals surface area contributed by atoms with Crippen molar-refractivity contribution in [3.8, 4) is 0 Å². The SMILES string of the molecule is CC(C)=CCC/C(C)=C/C(=O)N1CCC(O)(Cc2ccccc2)CC1. The molecule has 1 aliphatic rings. The van der Waals surface area contributed by atoms with Gasteiger partial charge in [-0.2, -0.15) is 0 Å². The summed E-state index contributed by atoms with van der Waals surface area (Å²) in [6.07, 6.45) is 7.80. The number of nitrogens with zero attached hydrogens (tertiary/aromatic N) is 1. The van der Waals surface area contributed by atoms with Crippen molar-refractivity contribution in [1.29, 1.82) is 0 Å². The summed E-state index contributed by atoms with van der Waals surface area (Å²) in [6.45, 7) is 7.45. The highest BCUT2D eigenvalue weighted by Gasteiger charge is 2.33. The number of aliphatic hydroxyl groups is 1. The molecule has 3 nitrogen and oxygen atoms in total. The predicted octanol–water partition coefficient (Wildman–Crippen LogP) is 4.28. The highest BCUT2D eigenvalue weighted by atomic mass is 16.3. The predicted molar refractivity (Wildman–Crippen MR) is 103 cm³/mol. The van der Waals surface area contributed by atoms with Gasteiger partial charge in [-0.05, 0) is 52.0 Å². The number of piperidine rings is 1. The third-order valence-corrected chi connectivity index (χ3v) is 4.84. The Morgan fingerprint density at radius 1 is 1.16 bits per heavy atom. The van der Waals surface area contributed by atoms with E-state index in [-0.39, 0.29) is 5.91 Å². The van der Waals surface area contributed by atoms with Crippen molar-refractivity contribution in [3.63, 3.8) is 0 Å². The molecule has 1 amide bonds. The van der Waals surface area contributed by atoms with Gasteiger partial charge in [0, 0.05) is 25.6 Å². The molecular weight excluding hydrogens is 310 g/mol. The Bertz CT molecular complexity index is 619. The summed E-state index contributed by atoms with van der Waals surface area (Å²) in [7, 11) is 0. The van der Waals surface area contributed by atoms with Crippen LogP contribution in [0.2, 0.25) is 0 Å². The zero-order valence-electron chi connectivity index (χ0n) is 15.8. The molecule has 0 saturated carbocycles. The minimum atomic E-state index is -0.694. The van der Waals surface area contributed by atoms with Gasteiger partial charge >= 0.3 is 0 Å². The minimum absolute atomic E-state index is 0.0801. The lowest BCUT2D eigenvalue weighted by Crippen LogP contribution is -2.47. The summed E-state index contributed by atoms with van der Waals surface area (Å²) in [5, 5.41) is 10.8. The second kappa shape index (κ2) is 9.00. The van der Waals surface area contributed by atoms with E-state index in [2.05, 4.69) is 19.9 Å². The van der Waals surface area contributed by atoms with Crippen LogP contribution in [0.3, 0.4) is 0 Å². The van der Waals surface area contributed by atoms with Gasteiger partial charge in [0.2, 0.25) is 5.91 Å². The van der Waals surface area contributed by atoms with Gasteiger partial charge in [-0.3, -0.25) is 4.79 Å². The van der Waals surface area contributed by atoms with Gasteiger partial charge in [-0.15, -0.1) is 0 Å². The van der Waals surface area contributed by atoms with Crippen molar-refractivity contribution in [3.05, 3.63) is 59.2 Å². The highest BCUT2D eigenvalue weighted by Crippen LogP contribution is 2.26. The Morgan fingerprint density at radius 2 is 1.80 bits per heavy atom. The fourth-order valence-electron chi connectivity index (χ4n) is 3.26. The van der Waals surface area contributed by atoms with E-state index in [1.165, 1.54) is 5.57 Å². The maximum absolute atomic E-state index is 12.4. The number of benzene rings is 1. The Morgan fingerprint density at radius 3 is 2.40 bits per heavy atom. The van der Waals surface area contributed by atoms with E-state index in [4.69, 9.17) is 0 Å². The van der Waals surface area contributed by atoms with Gasteiger partial charge < -0.3 is 10.0 Å². The quantitative estimate of drug-likeness (QED) is 0.620. The van der Waals surface area contributed by atoms with E-state index in [1.54, 1.807) is 6.08 Å². The number of rotatable bonds is 6. The molecule has 25 heavy (non-hydrogen) atoms. The first-order valence-corrected chi connectivity index (χ1v) is 9.24. The van der Waals surface area contributed by atoms with Crippen LogP contribution in [0, 0.1) is 0 Å². The lowest BCUT2D eigenvalue weighted by molar-refractivity contribution is -0.130. The lowest BCUT2D eigenvalue weighted by atomic mass is 9.85. The van der Waals surface area contributed by atoms with Gasteiger partial charge in [-0.25, -0.2) is 0 Å². The van der Waals surface area contributed by atoms with E-state index in [1.807, 2.05) is 42.2 Å². The van der Waals surface area contributed by atoms with Crippen molar-refractivity contribution in [2.75, 3.05) is 13.1 Å². The van der Waals surface area contributed by atoms with Crippen LogP contribution in [0.5, 0.6) is 0 Å². The average molecular weight is 341 g/mol. The number of hydrogen-bond acceptors (Lipinski definition) is 2. The fraction of sp³-hybridized carbons (Fsp3) is 0.500. The Hall–Kier alpha value is -1.87. The van der Waals surface area contributed by atoms with Gasteiger partial charge in [0.1, 0.15) is 0 Å². The van der Waals surface area contributed by atoms with Gasteiger partial charge in [0.15, 0.2) is 0 Å². The normalized spacial score (nSPS) is 17.3. The molecule has 1 N–H and O–H groups in total. The number of hydrogen-bond donors (Lipinski definition) is 1. The van der Waals surface area contributed by atoms with E-state index in [9.17, 15) is 9.90 Å². The van der Waals surface area contributed by atoms with Gasteiger partial charge in [0.25, 0.3) is 0 Å². The number of allylic oxidation sites excluding steroid dienone is 3. The number of amides is 1. The van der Waals surface area contributed by atoms with E-state index in [0.717, 1.165) is 24.0 Å². The topological polar surface area (TPSA) is 40.5 Å².